The maximum Gasteiger partial charge on any atom is 0.0870 e. The molecule has 0 atom stereocenters. The Balaban J connectivity index is 3.19. The lowest BCUT2D eigenvalue weighted by atomic mass is 10.2. The minimum atomic E-state index is 0.389. The van der Waals surface area contributed by atoms with Crippen LogP contribution in [0.5, 0.6) is 0 Å². The first-order valence-corrected chi connectivity index (χ1v) is 4.46. The van der Waals surface area contributed by atoms with E-state index >= 15 is 0 Å². The van der Waals surface area contributed by atoms with Gasteiger partial charge in [-0.1, -0.05) is 25.4 Å². The Morgan fingerprint density at radius 2 is 2.08 bits per heavy atom. The summed E-state index contributed by atoms with van der Waals surface area (Å²) in [7, 11) is 0. The molecule has 0 bridgehead atoms. The second-order valence-electron chi connectivity index (χ2n) is 2.63. The van der Waals surface area contributed by atoms with Gasteiger partial charge in [-0.15, -0.1) is 0 Å². The highest BCUT2D eigenvalue weighted by atomic mass is 35.5. The van der Waals surface area contributed by atoms with Crippen LogP contribution in [0, 0.1) is 0 Å². The minimum Gasteiger partial charge on any atom is -0.299 e. The average molecular weight is 184 g/mol. The van der Waals surface area contributed by atoms with Gasteiger partial charge in [-0.05, 0) is 18.9 Å². The molecule has 0 aromatic carbocycles. The first-order valence-electron chi connectivity index (χ1n) is 4.08. The lowest BCUT2D eigenvalue weighted by Crippen LogP contribution is -1.95. The van der Waals surface area contributed by atoms with Crippen molar-refractivity contribution in [2.45, 2.75) is 26.7 Å². The molecule has 1 N–H and O–H groups in total. The highest BCUT2D eigenvalue weighted by Gasteiger charge is 2.05. The van der Waals surface area contributed by atoms with E-state index in [-0.39, 0.29) is 0 Å². The van der Waals surface area contributed by atoms with Gasteiger partial charge < -0.3 is 0 Å². The number of hydrogen-bond acceptors (Lipinski definition) is 1. The van der Waals surface area contributed by atoms with Crippen molar-refractivity contribution < 1.29 is 0 Å². The number of aryl methyl sites for hydroxylation is 2. The van der Waals surface area contributed by atoms with Gasteiger partial charge in [0.05, 0.1) is 16.4 Å². The highest BCUT2D eigenvalue weighted by Crippen LogP contribution is 2.24. The van der Waals surface area contributed by atoms with Crippen LogP contribution in [0.25, 0.3) is 0 Å². The molecule has 0 amide bonds. The predicted octanol–water partition coefficient (Wildman–Crippen LogP) is 2.77. The molecule has 0 aliphatic rings. The number of aromatic nitrogens is 1. The molecule has 0 saturated carbocycles. The van der Waals surface area contributed by atoms with E-state index in [9.17, 15) is 0 Å². The summed E-state index contributed by atoms with van der Waals surface area (Å²) in [5, 5.41) is 0.495. The van der Waals surface area contributed by atoms with Gasteiger partial charge >= 0.3 is 0 Å². The Bertz CT molecular complexity index is 284. The quantitative estimate of drug-likeness (QED) is 0.695. The van der Waals surface area contributed by atoms with E-state index in [1.165, 1.54) is 0 Å². The van der Waals surface area contributed by atoms with Crippen LogP contribution in [0.4, 0.5) is 5.69 Å². The van der Waals surface area contributed by atoms with E-state index in [4.69, 9.17) is 17.3 Å². The van der Waals surface area contributed by atoms with Gasteiger partial charge in [0, 0.05) is 5.69 Å². The number of pyridine rings is 1. The summed E-state index contributed by atoms with van der Waals surface area (Å²) in [4.78, 5) is 4.32. The van der Waals surface area contributed by atoms with E-state index < -0.39 is 0 Å². The number of nitrogens with zero attached hydrogens (tertiary/aromatic N) is 1. The molecule has 1 radical (unpaired) electrons. The standard InChI is InChI=1S/C9H12ClN2/c1-3-6-5-7(11)9(10)8(4-2)12-6/h5,11H,3-4H2,1-2H3. The lowest BCUT2D eigenvalue weighted by Gasteiger charge is -2.05. The molecule has 12 heavy (non-hydrogen) atoms. The summed E-state index contributed by atoms with van der Waals surface area (Å²) in [6.45, 7) is 4.02. The number of rotatable bonds is 2. The van der Waals surface area contributed by atoms with Crippen molar-refractivity contribution in [2.75, 3.05) is 0 Å². The van der Waals surface area contributed by atoms with Crippen LogP contribution in [0.3, 0.4) is 0 Å². The van der Waals surface area contributed by atoms with Crippen molar-refractivity contribution >= 4 is 17.3 Å². The molecule has 65 valence electrons. The SMILES string of the molecule is CCc1cc([NH])c(Cl)c(CC)n1. The monoisotopic (exact) mass is 183 g/mol. The smallest absolute Gasteiger partial charge is 0.0870 e. The first kappa shape index (κ1) is 9.33. The molecule has 1 aromatic rings. The molecule has 0 saturated heterocycles. The maximum atomic E-state index is 7.54. The number of halogens is 1. The molecule has 3 heteroatoms. The van der Waals surface area contributed by atoms with Gasteiger partial charge in [-0.25, -0.2) is 0 Å². The van der Waals surface area contributed by atoms with Crippen molar-refractivity contribution in [1.82, 2.24) is 10.7 Å². The van der Waals surface area contributed by atoms with E-state index in [2.05, 4.69) is 4.98 Å². The fraction of sp³-hybridized carbons (Fsp3) is 0.444. The zero-order valence-electron chi connectivity index (χ0n) is 7.32. The predicted molar refractivity (Wildman–Crippen MR) is 50.8 cm³/mol. The van der Waals surface area contributed by atoms with Crippen LogP contribution in [0.15, 0.2) is 6.07 Å². The van der Waals surface area contributed by atoms with E-state index in [1.54, 1.807) is 6.07 Å². The summed E-state index contributed by atoms with van der Waals surface area (Å²) in [6, 6.07) is 1.72. The Hall–Kier alpha value is -0.760. The fourth-order valence-corrected chi connectivity index (χ4v) is 1.29. The van der Waals surface area contributed by atoms with Gasteiger partial charge in [0.1, 0.15) is 0 Å². The van der Waals surface area contributed by atoms with Crippen LogP contribution >= 0.6 is 11.6 Å². The number of nitrogens with one attached hydrogen (secondary N) is 1. The third-order valence-corrected chi connectivity index (χ3v) is 2.20. The lowest BCUT2D eigenvalue weighted by molar-refractivity contribution is 0.953. The van der Waals surface area contributed by atoms with Gasteiger partial charge in [0.2, 0.25) is 0 Å². The Morgan fingerprint density at radius 3 is 2.58 bits per heavy atom. The summed E-state index contributed by atoms with van der Waals surface area (Å²) in [5.41, 5.74) is 9.71. The van der Waals surface area contributed by atoms with Gasteiger partial charge in [-0.3, -0.25) is 10.7 Å². The first-order chi connectivity index (χ1) is 5.69. The Kier molecular flexibility index (Phi) is 2.93. The summed E-state index contributed by atoms with van der Waals surface area (Å²) in [6.07, 6.45) is 1.65. The van der Waals surface area contributed by atoms with Crippen molar-refractivity contribution in [3.63, 3.8) is 0 Å². The largest absolute Gasteiger partial charge is 0.299 e. The van der Waals surface area contributed by atoms with E-state index in [1.807, 2.05) is 13.8 Å². The molecular weight excluding hydrogens is 172 g/mol. The van der Waals surface area contributed by atoms with Crippen molar-refractivity contribution in [1.29, 1.82) is 0 Å². The summed E-state index contributed by atoms with van der Waals surface area (Å²) in [5.74, 6) is 0. The maximum absolute atomic E-state index is 7.54. The molecule has 0 fully saturated rings. The van der Waals surface area contributed by atoms with Crippen LogP contribution in [-0.2, 0) is 12.8 Å². The molecular formula is C9H12ClN2. The third-order valence-electron chi connectivity index (χ3n) is 1.78. The average Bonchev–Trinajstić information content (AvgIpc) is 2.09. The minimum absolute atomic E-state index is 0.389. The van der Waals surface area contributed by atoms with Crippen molar-refractivity contribution in [3.8, 4) is 0 Å². The van der Waals surface area contributed by atoms with Crippen LogP contribution in [0.1, 0.15) is 25.2 Å². The van der Waals surface area contributed by atoms with Crippen LogP contribution in [0.2, 0.25) is 5.02 Å². The fourth-order valence-electron chi connectivity index (χ4n) is 1.06. The van der Waals surface area contributed by atoms with Crippen LogP contribution < -0.4 is 5.73 Å². The topological polar surface area (TPSA) is 36.7 Å². The molecule has 0 spiro atoms. The number of hydrogen-bond donors (Lipinski definition) is 0. The normalized spacial score (nSPS) is 10.2. The van der Waals surface area contributed by atoms with Gasteiger partial charge in [0.15, 0.2) is 0 Å². The second kappa shape index (κ2) is 3.76. The molecule has 1 rings (SSSR count). The molecule has 1 heterocycles. The molecule has 0 aliphatic heterocycles. The van der Waals surface area contributed by atoms with Crippen molar-refractivity contribution in [2.24, 2.45) is 0 Å². The molecule has 0 aliphatic carbocycles. The van der Waals surface area contributed by atoms with E-state index in [0.717, 1.165) is 24.2 Å². The zero-order chi connectivity index (χ0) is 9.14. The van der Waals surface area contributed by atoms with Gasteiger partial charge in [-0.2, -0.15) is 0 Å². The summed E-state index contributed by atoms with van der Waals surface area (Å²) >= 11 is 5.87. The molecule has 0 unspecified atom stereocenters. The van der Waals surface area contributed by atoms with Crippen molar-refractivity contribution in [3.05, 3.63) is 22.5 Å². The van der Waals surface area contributed by atoms with E-state index in [0.29, 0.717) is 10.7 Å². The second-order valence-corrected chi connectivity index (χ2v) is 3.01. The third kappa shape index (κ3) is 1.69. The van der Waals surface area contributed by atoms with Crippen LogP contribution in [-0.4, -0.2) is 4.98 Å². The molecule has 2 nitrogen and oxygen atoms in total. The summed E-state index contributed by atoms with van der Waals surface area (Å²) < 4.78 is 0. The zero-order valence-corrected chi connectivity index (χ0v) is 8.07. The Morgan fingerprint density at radius 1 is 1.42 bits per heavy atom. The highest BCUT2D eigenvalue weighted by molar-refractivity contribution is 6.33. The molecule has 1 aromatic heterocycles. The van der Waals surface area contributed by atoms with Gasteiger partial charge in [0.25, 0.3) is 0 Å². The Labute approximate surface area is 77.8 Å².